The molecule has 1 aromatic heterocycles. The first-order chi connectivity index (χ1) is 13.6. The van der Waals surface area contributed by atoms with Gasteiger partial charge in [-0.1, -0.05) is 35.0 Å². The van der Waals surface area contributed by atoms with Crippen LogP contribution in [0.2, 0.25) is 5.15 Å². The molecule has 28 heavy (non-hydrogen) atoms. The van der Waals surface area contributed by atoms with Crippen LogP contribution in [-0.4, -0.2) is 41.5 Å². The Hall–Kier alpha value is -2.34. The van der Waals surface area contributed by atoms with E-state index in [1.807, 2.05) is 28.0 Å². The van der Waals surface area contributed by atoms with Crippen LogP contribution >= 0.6 is 11.6 Å². The number of hydrogen-bond donors (Lipinski definition) is 0. The normalized spacial score (nSPS) is 23.7. The summed E-state index contributed by atoms with van der Waals surface area (Å²) in [4.78, 5) is 30.0. The minimum atomic E-state index is -0.587. The molecule has 1 unspecified atom stereocenters. The lowest BCUT2D eigenvalue weighted by Gasteiger charge is -2.24. The minimum Gasteiger partial charge on any atom is -0.360 e. The maximum Gasteiger partial charge on any atom is 0.239 e. The van der Waals surface area contributed by atoms with Crippen LogP contribution in [0.25, 0.3) is 0 Å². The van der Waals surface area contributed by atoms with E-state index in [1.54, 1.807) is 6.07 Å². The monoisotopic (exact) mass is 399 g/mol. The van der Waals surface area contributed by atoms with Crippen molar-refractivity contribution >= 4 is 29.1 Å². The van der Waals surface area contributed by atoms with Gasteiger partial charge >= 0.3 is 0 Å². The van der Waals surface area contributed by atoms with E-state index in [-0.39, 0.29) is 11.8 Å². The first-order valence-electron chi connectivity index (χ1n) is 9.87. The fourth-order valence-corrected chi connectivity index (χ4v) is 4.70. The Morgan fingerprint density at radius 3 is 2.89 bits per heavy atom. The summed E-state index contributed by atoms with van der Waals surface area (Å²) < 4.78 is 5.08. The average Bonchev–Trinajstić information content (AvgIpc) is 3.17. The second-order valence-corrected chi connectivity index (χ2v) is 8.53. The third-order valence-electron chi connectivity index (χ3n) is 6.24. The highest BCUT2D eigenvalue weighted by Crippen LogP contribution is 2.48. The van der Waals surface area contributed by atoms with E-state index in [1.165, 1.54) is 12.8 Å². The first kappa shape index (κ1) is 17.7. The Morgan fingerprint density at radius 1 is 1.32 bits per heavy atom. The van der Waals surface area contributed by atoms with Gasteiger partial charge in [-0.3, -0.25) is 9.59 Å². The van der Waals surface area contributed by atoms with E-state index in [4.69, 9.17) is 16.1 Å². The number of anilines is 1. The summed E-state index contributed by atoms with van der Waals surface area (Å²) in [6, 6.07) is 9.72. The van der Waals surface area contributed by atoms with Crippen LogP contribution in [0, 0.1) is 5.92 Å². The van der Waals surface area contributed by atoms with Crippen molar-refractivity contribution in [1.29, 1.82) is 0 Å². The lowest BCUT2D eigenvalue weighted by Crippen LogP contribution is -2.44. The van der Waals surface area contributed by atoms with E-state index in [0.717, 1.165) is 17.8 Å². The molecule has 2 aromatic rings. The number of benzene rings is 1. The summed E-state index contributed by atoms with van der Waals surface area (Å²) in [7, 11) is 0. The van der Waals surface area contributed by atoms with Crippen molar-refractivity contribution in [2.24, 2.45) is 5.92 Å². The number of fused-ring (bicyclic) bond motifs is 2. The Bertz CT molecular complexity index is 938. The largest absolute Gasteiger partial charge is 0.360 e. The van der Waals surface area contributed by atoms with Crippen molar-refractivity contribution in [2.75, 3.05) is 24.5 Å². The van der Waals surface area contributed by atoms with Crippen LogP contribution < -0.4 is 4.90 Å². The van der Waals surface area contributed by atoms with E-state index < -0.39 is 5.41 Å². The van der Waals surface area contributed by atoms with Gasteiger partial charge in [-0.25, -0.2) is 0 Å². The predicted octanol–water partition coefficient (Wildman–Crippen LogP) is 3.19. The SMILES string of the molecule is O=C(CCc1cc(Cl)no1)N1CCC2(C1)C(=O)N(CC1CC1)c1ccccc12. The van der Waals surface area contributed by atoms with Crippen LogP contribution in [0.5, 0.6) is 0 Å². The van der Waals surface area contributed by atoms with Gasteiger partial charge in [-0.2, -0.15) is 0 Å². The molecule has 1 aromatic carbocycles. The van der Waals surface area contributed by atoms with Crippen LogP contribution in [0.3, 0.4) is 0 Å². The van der Waals surface area contributed by atoms with Gasteiger partial charge in [-0.15, -0.1) is 0 Å². The molecule has 0 bridgehead atoms. The number of para-hydroxylation sites is 1. The van der Waals surface area contributed by atoms with Crippen molar-refractivity contribution in [3.05, 3.63) is 46.8 Å². The van der Waals surface area contributed by atoms with Crippen LogP contribution in [0.1, 0.15) is 37.0 Å². The number of likely N-dealkylation sites (tertiary alicyclic amines) is 1. The lowest BCUT2D eigenvalue weighted by atomic mass is 9.81. The molecular weight excluding hydrogens is 378 g/mol. The van der Waals surface area contributed by atoms with Crippen molar-refractivity contribution in [2.45, 2.75) is 37.5 Å². The summed E-state index contributed by atoms with van der Waals surface area (Å²) in [6.45, 7) is 1.87. The number of carbonyl (C=O) groups is 2. The quantitative estimate of drug-likeness (QED) is 0.774. The van der Waals surface area contributed by atoms with Crippen LogP contribution in [-0.2, 0) is 21.4 Å². The van der Waals surface area contributed by atoms with Crippen molar-refractivity contribution in [3.8, 4) is 0 Å². The minimum absolute atomic E-state index is 0.0373. The molecule has 2 amide bonds. The summed E-state index contributed by atoms with van der Waals surface area (Å²) in [6.07, 6.45) is 3.87. The molecule has 146 valence electrons. The third kappa shape index (κ3) is 2.91. The molecule has 5 rings (SSSR count). The number of hydrogen-bond acceptors (Lipinski definition) is 4. The highest BCUT2D eigenvalue weighted by atomic mass is 35.5. The standard InChI is InChI=1S/C21H22ClN3O3/c22-18-11-15(28-23-18)7-8-19(26)24-10-9-21(13-24)16-3-1-2-4-17(16)25(20(21)27)12-14-5-6-14/h1-4,11,14H,5-10,12-13H2. The van der Waals surface area contributed by atoms with Crippen molar-refractivity contribution in [3.63, 3.8) is 0 Å². The molecule has 1 aliphatic carbocycles. The van der Waals surface area contributed by atoms with Gasteiger partial charge in [-0.05, 0) is 36.8 Å². The van der Waals surface area contributed by atoms with Crippen molar-refractivity contribution in [1.82, 2.24) is 10.1 Å². The summed E-state index contributed by atoms with van der Waals surface area (Å²) in [5.74, 6) is 1.43. The number of aromatic nitrogens is 1. The van der Waals surface area contributed by atoms with Gasteiger partial charge in [0.05, 0.1) is 5.41 Å². The molecule has 7 heteroatoms. The summed E-state index contributed by atoms with van der Waals surface area (Å²) in [5.41, 5.74) is 1.53. The fraction of sp³-hybridized carbons (Fsp3) is 0.476. The number of nitrogens with zero attached hydrogens (tertiary/aromatic N) is 3. The molecule has 1 saturated heterocycles. The molecular formula is C21H22ClN3O3. The van der Waals surface area contributed by atoms with Gasteiger partial charge in [0.15, 0.2) is 5.15 Å². The molecule has 3 aliphatic rings. The average molecular weight is 400 g/mol. The number of carbonyl (C=O) groups excluding carboxylic acids is 2. The lowest BCUT2D eigenvalue weighted by molar-refractivity contribution is -0.130. The number of amides is 2. The Labute approximate surface area is 168 Å². The molecule has 2 aliphatic heterocycles. The van der Waals surface area contributed by atoms with E-state index in [0.29, 0.717) is 49.2 Å². The zero-order valence-corrected chi connectivity index (χ0v) is 16.3. The Kier molecular flexibility index (Phi) is 4.19. The highest BCUT2D eigenvalue weighted by Gasteiger charge is 2.55. The summed E-state index contributed by atoms with van der Waals surface area (Å²) in [5, 5.41) is 3.93. The van der Waals surface area contributed by atoms with Gasteiger partial charge in [0, 0.05) is 44.2 Å². The third-order valence-corrected chi connectivity index (χ3v) is 6.42. The molecule has 3 heterocycles. The van der Waals surface area contributed by atoms with Crippen LogP contribution in [0.4, 0.5) is 5.69 Å². The zero-order chi connectivity index (χ0) is 19.3. The highest BCUT2D eigenvalue weighted by molar-refractivity contribution is 6.29. The Balaban J connectivity index is 1.33. The number of rotatable bonds is 5. The van der Waals surface area contributed by atoms with Crippen molar-refractivity contribution < 1.29 is 14.1 Å². The second-order valence-electron chi connectivity index (χ2n) is 8.14. The Morgan fingerprint density at radius 2 is 2.14 bits per heavy atom. The topological polar surface area (TPSA) is 66.7 Å². The van der Waals surface area contributed by atoms with Gasteiger partial charge in [0.1, 0.15) is 5.76 Å². The van der Waals surface area contributed by atoms with Gasteiger partial charge < -0.3 is 14.3 Å². The number of aryl methyl sites for hydroxylation is 1. The second kappa shape index (κ2) is 6.62. The predicted molar refractivity (Wildman–Crippen MR) is 104 cm³/mol. The molecule has 1 spiro atoms. The van der Waals surface area contributed by atoms with E-state index >= 15 is 0 Å². The zero-order valence-electron chi connectivity index (χ0n) is 15.6. The van der Waals surface area contributed by atoms with Crippen LogP contribution in [0.15, 0.2) is 34.9 Å². The molecule has 0 radical (unpaired) electrons. The maximum atomic E-state index is 13.5. The number of halogens is 1. The van der Waals surface area contributed by atoms with Gasteiger partial charge in [0.2, 0.25) is 11.8 Å². The van der Waals surface area contributed by atoms with E-state index in [9.17, 15) is 9.59 Å². The maximum absolute atomic E-state index is 13.5. The first-order valence-corrected chi connectivity index (χ1v) is 10.2. The van der Waals surface area contributed by atoms with Gasteiger partial charge in [0.25, 0.3) is 0 Å². The molecule has 0 N–H and O–H groups in total. The summed E-state index contributed by atoms with van der Waals surface area (Å²) >= 11 is 5.76. The molecule has 6 nitrogen and oxygen atoms in total. The molecule has 1 atom stereocenters. The smallest absolute Gasteiger partial charge is 0.239 e. The van der Waals surface area contributed by atoms with E-state index in [2.05, 4.69) is 11.2 Å². The fourth-order valence-electron chi connectivity index (χ4n) is 4.55. The molecule has 1 saturated carbocycles. The molecule has 2 fully saturated rings.